The first kappa shape index (κ1) is 12.9. The minimum absolute atomic E-state index is 0.0209. The van der Waals surface area contributed by atoms with Crippen LogP contribution >= 0.6 is 0 Å². The maximum absolute atomic E-state index is 12.0. The van der Waals surface area contributed by atoms with Crippen LogP contribution in [0.25, 0.3) is 0 Å². The molecule has 16 heavy (non-hydrogen) atoms. The molecule has 1 amide bonds. The summed E-state index contributed by atoms with van der Waals surface area (Å²) in [5, 5.41) is 3.03. The number of hydrogen-bond donors (Lipinski definition) is 1. The molecule has 1 N–H and O–H groups in total. The van der Waals surface area contributed by atoms with Gasteiger partial charge in [0, 0.05) is 13.1 Å². The number of likely N-dealkylation sites (N-methyl/N-ethyl adjacent to an activating group) is 2. The molecule has 2 unspecified atom stereocenters. The molecule has 1 saturated heterocycles. The molecule has 0 saturated carbocycles. The maximum Gasteiger partial charge on any atom is 0.325 e. The van der Waals surface area contributed by atoms with Crippen LogP contribution in [0.5, 0.6) is 0 Å². The summed E-state index contributed by atoms with van der Waals surface area (Å²) < 4.78 is 9.74. The van der Waals surface area contributed by atoms with E-state index < -0.39 is 5.97 Å². The monoisotopic (exact) mass is 230 g/mol. The molecule has 0 aliphatic carbocycles. The van der Waals surface area contributed by atoms with Crippen LogP contribution in [-0.2, 0) is 19.1 Å². The van der Waals surface area contributed by atoms with E-state index in [9.17, 15) is 9.59 Å². The van der Waals surface area contributed by atoms with E-state index in [-0.39, 0.29) is 24.4 Å². The minimum atomic E-state index is -0.421. The standard InChI is InChI=1S/C10H18N2O4/c1-11-8-6-16-5-7(8)10(14)12(2)4-9(13)15-3/h7-8,11H,4-6H2,1-3H3. The lowest BCUT2D eigenvalue weighted by Gasteiger charge is -2.22. The van der Waals surface area contributed by atoms with Crippen molar-refractivity contribution < 1.29 is 19.1 Å². The second-order valence-electron chi connectivity index (χ2n) is 3.81. The molecular weight excluding hydrogens is 212 g/mol. The fourth-order valence-corrected chi connectivity index (χ4v) is 1.70. The lowest BCUT2D eigenvalue weighted by Crippen LogP contribution is -2.44. The molecule has 1 heterocycles. The SMILES string of the molecule is CNC1COCC1C(=O)N(C)CC(=O)OC. The van der Waals surface area contributed by atoms with Crippen molar-refractivity contribution >= 4 is 11.9 Å². The number of hydrogen-bond acceptors (Lipinski definition) is 5. The summed E-state index contributed by atoms with van der Waals surface area (Å²) in [6.45, 7) is 0.900. The van der Waals surface area contributed by atoms with Gasteiger partial charge in [-0.2, -0.15) is 0 Å². The summed E-state index contributed by atoms with van der Waals surface area (Å²) in [4.78, 5) is 24.4. The number of methoxy groups -OCH3 is 1. The van der Waals surface area contributed by atoms with Crippen LogP contribution in [-0.4, -0.2) is 63.8 Å². The maximum atomic E-state index is 12.0. The molecule has 92 valence electrons. The molecule has 1 fully saturated rings. The molecule has 0 radical (unpaired) electrons. The molecule has 2 atom stereocenters. The Morgan fingerprint density at radius 1 is 1.50 bits per heavy atom. The zero-order valence-electron chi connectivity index (χ0n) is 9.86. The number of carbonyl (C=O) groups is 2. The van der Waals surface area contributed by atoms with Gasteiger partial charge in [0.05, 0.1) is 26.2 Å². The van der Waals surface area contributed by atoms with Crippen molar-refractivity contribution in [3.05, 3.63) is 0 Å². The van der Waals surface area contributed by atoms with E-state index in [2.05, 4.69) is 10.1 Å². The van der Waals surface area contributed by atoms with Crippen molar-refractivity contribution in [2.45, 2.75) is 6.04 Å². The van der Waals surface area contributed by atoms with Crippen molar-refractivity contribution in [3.63, 3.8) is 0 Å². The van der Waals surface area contributed by atoms with E-state index >= 15 is 0 Å². The van der Waals surface area contributed by atoms with Gasteiger partial charge in [0.15, 0.2) is 0 Å². The van der Waals surface area contributed by atoms with Crippen LogP contribution in [0.4, 0.5) is 0 Å². The van der Waals surface area contributed by atoms with E-state index in [4.69, 9.17) is 4.74 Å². The first-order valence-corrected chi connectivity index (χ1v) is 5.17. The number of nitrogens with one attached hydrogen (secondary N) is 1. The zero-order valence-corrected chi connectivity index (χ0v) is 9.86. The Bertz CT molecular complexity index is 270. The topological polar surface area (TPSA) is 67.9 Å². The third-order valence-electron chi connectivity index (χ3n) is 2.74. The van der Waals surface area contributed by atoms with E-state index in [0.717, 1.165) is 0 Å². The molecular formula is C10H18N2O4. The number of rotatable bonds is 4. The molecule has 1 aliphatic heterocycles. The van der Waals surface area contributed by atoms with Crippen LogP contribution in [0, 0.1) is 5.92 Å². The molecule has 0 bridgehead atoms. The molecule has 1 rings (SSSR count). The van der Waals surface area contributed by atoms with Crippen LogP contribution < -0.4 is 5.32 Å². The molecule has 0 spiro atoms. The van der Waals surface area contributed by atoms with Gasteiger partial charge in [0.25, 0.3) is 0 Å². The Kier molecular flexibility index (Phi) is 4.70. The van der Waals surface area contributed by atoms with Gasteiger partial charge in [-0.3, -0.25) is 9.59 Å². The van der Waals surface area contributed by atoms with Crippen LogP contribution in [0.2, 0.25) is 0 Å². The molecule has 6 heteroatoms. The lowest BCUT2D eigenvalue weighted by molar-refractivity contribution is -0.147. The number of amides is 1. The van der Waals surface area contributed by atoms with E-state index in [1.807, 2.05) is 0 Å². The molecule has 6 nitrogen and oxygen atoms in total. The van der Waals surface area contributed by atoms with Crippen molar-refractivity contribution in [2.75, 3.05) is 41.0 Å². The first-order chi connectivity index (χ1) is 7.60. The van der Waals surface area contributed by atoms with Crippen molar-refractivity contribution in [1.82, 2.24) is 10.2 Å². The summed E-state index contributed by atoms with van der Waals surface area (Å²) in [5.41, 5.74) is 0. The molecule has 0 aromatic heterocycles. The van der Waals surface area contributed by atoms with Gasteiger partial charge >= 0.3 is 5.97 Å². The summed E-state index contributed by atoms with van der Waals surface area (Å²) in [7, 11) is 4.68. The van der Waals surface area contributed by atoms with Gasteiger partial charge < -0.3 is 19.7 Å². The van der Waals surface area contributed by atoms with Crippen LogP contribution in [0.1, 0.15) is 0 Å². The highest BCUT2D eigenvalue weighted by Gasteiger charge is 2.35. The fourth-order valence-electron chi connectivity index (χ4n) is 1.70. The van der Waals surface area contributed by atoms with Gasteiger partial charge in [-0.25, -0.2) is 0 Å². The fraction of sp³-hybridized carbons (Fsp3) is 0.800. The number of carbonyl (C=O) groups excluding carboxylic acids is 2. The smallest absolute Gasteiger partial charge is 0.325 e. The average Bonchev–Trinajstić information content (AvgIpc) is 2.75. The van der Waals surface area contributed by atoms with E-state index in [1.54, 1.807) is 14.1 Å². The summed E-state index contributed by atoms with van der Waals surface area (Å²) in [6, 6.07) is 0.0209. The normalized spacial score (nSPS) is 24.2. The molecule has 1 aliphatic rings. The highest BCUT2D eigenvalue weighted by molar-refractivity contribution is 5.84. The number of esters is 1. The minimum Gasteiger partial charge on any atom is -0.468 e. The Balaban J connectivity index is 2.52. The predicted octanol–water partition coefficient (Wildman–Crippen LogP) is -1.15. The highest BCUT2D eigenvalue weighted by atomic mass is 16.5. The van der Waals surface area contributed by atoms with E-state index in [0.29, 0.717) is 13.2 Å². The third kappa shape index (κ3) is 2.93. The second kappa shape index (κ2) is 5.81. The quantitative estimate of drug-likeness (QED) is 0.618. The highest BCUT2D eigenvalue weighted by Crippen LogP contribution is 2.15. The van der Waals surface area contributed by atoms with Gasteiger partial charge in [-0.15, -0.1) is 0 Å². The number of ether oxygens (including phenoxy) is 2. The zero-order chi connectivity index (χ0) is 12.1. The largest absolute Gasteiger partial charge is 0.468 e. The summed E-state index contributed by atoms with van der Waals surface area (Å²) >= 11 is 0. The van der Waals surface area contributed by atoms with Gasteiger partial charge in [0.2, 0.25) is 5.91 Å². The van der Waals surface area contributed by atoms with Crippen LogP contribution in [0.15, 0.2) is 0 Å². The Morgan fingerprint density at radius 3 is 2.75 bits per heavy atom. The average molecular weight is 230 g/mol. The first-order valence-electron chi connectivity index (χ1n) is 5.17. The van der Waals surface area contributed by atoms with Crippen molar-refractivity contribution in [3.8, 4) is 0 Å². The summed E-state index contributed by atoms with van der Waals surface area (Å²) in [5.74, 6) is -0.738. The lowest BCUT2D eigenvalue weighted by atomic mass is 10.0. The Morgan fingerprint density at radius 2 is 2.19 bits per heavy atom. The van der Waals surface area contributed by atoms with Crippen molar-refractivity contribution in [1.29, 1.82) is 0 Å². The number of nitrogens with zero attached hydrogens (tertiary/aromatic N) is 1. The van der Waals surface area contributed by atoms with Crippen LogP contribution in [0.3, 0.4) is 0 Å². The molecule has 0 aromatic carbocycles. The predicted molar refractivity (Wildman–Crippen MR) is 56.8 cm³/mol. The second-order valence-corrected chi connectivity index (χ2v) is 3.81. The Labute approximate surface area is 94.9 Å². The van der Waals surface area contributed by atoms with Gasteiger partial charge in [-0.1, -0.05) is 0 Å². The third-order valence-corrected chi connectivity index (χ3v) is 2.74. The Hall–Kier alpha value is -1.14. The van der Waals surface area contributed by atoms with E-state index in [1.165, 1.54) is 12.0 Å². The van der Waals surface area contributed by atoms with Crippen molar-refractivity contribution in [2.24, 2.45) is 5.92 Å². The van der Waals surface area contributed by atoms with Gasteiger partial charge in [0.1, 0.15) is 6.54 Å². The van der Waals surface area contributed by atoms with Gasteiger partial charge in [-0.05, 0) is 7.05 Å². The molecule has 0 aromatic rings. The summed E-state index contributed by atoms with van der Waals surface area (Å²) in [6.07, 6.45) is 0.